The molecule has 0 radical (unpaired) electrons. The number of hydrogen-bond acceptors (Lipinski definition) is 4. The summed E-state index contributed by atoms with van der Waals surface area (Å²) in [7, 11) is -3.47. The molecule has 0 heterocycles. The van der Waals surface area contributed by atoms with Crippen LogP contribution in [0.2, 0.25) is 5.02 Å². The van der Waals surface area contributed by atoms with Crippen LogP contribution in [0.15, 0.2) is 42.5 Å². The highest BCUT2D eigenvalue weighted by Gasteiger charge is 2.11. The Labute approximate surface area is 143 Å². The molecular weight excluding hydrogens is 354 g/mol. The Morgan fingerprint density at radius 3 is 2.12 bits per heavy atom. The minimum atomic E-state index is -3.47. The van der Waals surface area contributed by atoms with Gasteiger partial charge < -0.3 is 11.1 Å². The molecule has 2 aromatic rings. The van der Waals surface area contributed by atoms with Gasteiger partial charge in [0.2, 0.25) is 15.9 Å². The van der Waals surface area contributed by atoms with Crippen LogP contribution in [0, 0.1) is 0 Å². The zero-order valence-electron chi connectivity index (χ0n) is 12.5. The van der Waals surface area contributed by atoms with E-state index in [4.69, 9.17) is 17.3 Å². The van der Waals surface area contributed by atoms with Crippen molar-refractivity contribution in [3.8, 4) is 0 Å². The lowest BCUT2D eigenvalue weighted by Crippen LogP contribution is -2.14. The van der Waals surface area contributed by atoms with Crippen LogP contribution < -0.4 is 15.8 Å². The molecule has 0 aliphatic heterocycles. The van der Waals surface area contributed by atoms with E-state index in [1.807, 2.05) is 0 Å². The monoisotopic (exact) mass is 367 g/mol. The summed E-state index contributed by atoms with van der Waals surface area (Å²) in [4.78, 5) is 23.2. The van der Waals surface area contributed by atoms with Gasteiger partial charge >= 0.3 is 0 Å². The van der Waals surface area contributed by atoms with Crippen molar-refractivity contribution in [2.24, 2.45) is 5.73 Å². The zero-order chi connectivity index (χ0) is 17.9. The number of sulfonamides is 1. The summed E-state index contributed by atoms with van der Waals surface area (Å²) in [5.74, 6) is -0.997. The fraction of sp³-hybridized carbons (Fsp3) is 0.0667. The number of amides is 2. The number of primary amides is 1. The lowest BCUT2D eigenvalue weighted by molar-refractivity contribution is 0.0998. The van der Waals surface area contributed by atoms with Crippen LogP contribution in [0.25, 0.3) is 0 Å². The molecule has 24 heavy (non-hydrogen) atoms. The number of benzene rings is 2. The Hall–Kier alpha value is -2.58. The second-order valence-electron chi connectivity index (χ2n) is 4.96. The van der Waals surface area contributed by atoms with Gasteiger partial charge in [0.25, 0.3) is 5.91 Å². The number of anilines is 2. The average Bonchev–Trinajstić information content (AvgIpc) is 2.48. The van der Waals surface area contributed by atoms with Crippen molar-refractivity contribution in [2.45, 2.75) is 0 Å². The Kier molecular flexibility index (Phi) is 5.10. The maximum atomic E-state index is 12.2. The van der Waals surface area contributed by atoms with Gasteiger partial charge in [0.05, 0.1) is 17.0 Å². The first-order valence-electron chi connectivity index (χ1n) is 6.64. The number of nitrogens with one attached hydrogen (secondary N) is 2. The predicted octanol–water partition coefficient (Wildman–Crippen LogP) is 2.06. The van der Waals surface area contributed by atoms with Crippen molar-refractivity contribution in [1.29, 1.82) is 0 Å². The first-order valence-corrected chi connectivity index (χ1v) is 8.91. The highest BCUT2D eigenvalue weighted by Crippen LogP contribution is 2.24. The molecular formula is C15H14ClN3O4S. The van der Waals surface area contributed by atoms with E-state index >= 15 is 0 Å². The molecule has 0 aliphatic carbocycles. The van der Waals surface area contributed by atoms with Gasteiger partial charge in [0.1, 0.15) is 0 Å². The Morgan fingerprint density at radius 1 is 1.04 bits per heavy atom. The van der Waals surface area contributed by atoms with Gasteiger partial charge in [0, 0.05) is 16.8 Å². The second-order valence-corrected chi connectivity index (χ2v) is 7.12. The lowest BCUT2D eigenvalue weighted by Gasteiger charge is -2.09. The van der Waals surface area contributed by atoms with Gasteiger partial charge in [-0.15, -0.1) is 0 Å². The quantitative estimate of drug-likeness (QED) is 0.749. The molecule has 0 aromatic heterocycles. The minimum absolute atomic E-state index is 0.0946. The van der Waals surface area contributed by atoms with Crippen LogP contribution in [0.3, 0.4) is 0 Å². The first kappa shape index (κ1) is 17.8. The molecule has 0 bridgehead atoms. The third-order valence-corrected chi connectivity index (χ3v) is 3.86. The molecule has 9 heteroatoms. The van der Waals surface area contributed by atoms with Gasteiger partial charge in [-0.1, -0.05) is 11.6 Å². The number of carbonyl (C=O) groups is 2. The molecule has 0 saturated carbocycles. The molecule has 0 fully saturated rings. The van der Waals surface area contributed by atoms with Gasteiger partial charge in [-0.3, -0.25) is 14.3 Å². The Bertz CT molecular complexity index is 895. The van der Waals surface area contributed by atoms with Crippen molar-refractivity contribution in [1.82, 2.24) is 0 Å². The third kappa shape index (κ3) is 4.71. The van der Waals surface area contributed by atoms with Crippen molar-refractivity contribution in [2.75, 3.05) is 16.3 Å². The van der Waals surface area contributed by atoms with Crippen LogP contribution in [-0.4, -0.2) is 26.5 Å². The number of hydrogen-bond donors (Lipinski definition) is 3. The third-order valence-electron chi connectivity index (χ3n) is 2.95. The van der Waals surface area contributed by atoms with E-state index in [0.717, 1.165) is 6.26 Å². The van der Waals surface area contributed by atoms with E-state index in [2.05, 4.69) is 10.0 Å². The largest absolute Gasteiger partial charge is 0.366 e. The summed E-state index contributed by atoms with van der Waals surface area (Å²) in [6, 6.07) is 10.2. The molecule has 2 amide bonds. The van der Waals surface area contributed by atoms with E-state index in [9.17, 15) is 18.0 Å². The van der Waals surface area contributed by atoms with Crippen molar-refractivity contribution in [3.63, 3.8) is 0 Å². The number of carbonyl (C=O) groups excluding carboxylic acids is 2. The maximum absolute atomic E-state index is 12.2. The van der Waals surface area contributed by atoms with Gasteiger partial charge in [-0.2, -0.15) is 0 Å². The Balaban J connectivity index is 2.15. The molecule has 0 spiro atoms. The molecule has 4 N–H and O–H groups in total. The summed E-state index contributed by atoms with van der Waals surface area (Å²) in [5.41, 5.74) is 6.37. The zero-order valence-corrected chi connectivity index (χ0v) is 14.1. The first-order chi connectivity index (χ1) is 11.2. The number of halogens is 1. The van der Waals surface area contributed by atoms with Crippen LogP contribution in [0.1, 0.15) is 20.7 Å². The molecule has 126 valence electrons. The highest BCUT2D eigenvalue weighted by atomic mass is 35.5. The maximum Gasteiger partial charge on any atom is 0.255 e. The minimum Gasteiger partial charge on any atom is -0.366 e. The highest BCUT2D eigenvalue weighted by molar-refractivity contribution is 7.92. The standard InChI is InChI=1S/C15H14ClN3O4S/c1-24(22,23)19-13-7-4-10(8-12(13)16)15(21)18-11-5-2-9(3-6-11)14(17)20/h2-8,19H,1H3,(H2,17,20)(H,18,21). The SMILES string of the molecule is CS(=O)(=O)Nc1ccc(C(=O)Nc2ccc(C(N)=O)cc2)cc1Cl. The lowest BCUT2D eigenvalue weighted by atomic mass is 10.1. The normalized spacial score (nSPS) is 10.9. The van der Waals surface area contributed by atoms with E-state index in [0.29, 0.717) is 11.3 Å². The number of rotatable bonds is 5. The van der Waals surface area contributed by atoms with Crippen molar-refractivity contribution >= 4 is 44.8 Å². The van der Waals surface area contributed by atoms with Crippen molar-refractivity contribution < 1.29 is 18.0 Å². The molecule has 2 aromatic carbocycles. The molecule has 7 nitrogen and oxygen atoms in total. The summed E-state index contributed by atoms with van der Waals surface area (Å²) < 4.78 is 24.7. The summed E-state index contributed by atoms with van der Waals surface area (Å²) in [5, 5.41) is 2.73. The predicted molar refractivity (Wildman–Crippen MR) is 92.8 cm³/mol. The van der Waals surface area contributed by atoms with Crippen LogP contribution >= 0.6 is 11.6 Å². The molecule has 0 unspecified atom stereocenters. The summed E-state index contributed by atoms with van der Waals surface area (Å²) in [6.07, 6.45) is 1.000. The van der Waals surface area contributed by atoms with Gasteiger partial charge in [0.15, 0.2) is 0 Å². The van der Waals surface area contributed by atoms with Crippen LogP contribution in [0.5, 0.6) is 0 Å². The van der Waals surface area contributed by atoms with E-state index in [1.165, 1.54) is 30.3 Å². The Morgan fingerprint density at radius 2 is 1.62 bits per heavy atom. The van der Waals surface area contributed by atoms with Crippen LogP contribution in [-0.2, 0) is 10.0 Å². The van der Waals surface area contributed by atoms with Crippen LogP contribution in [0.4, 0.5) is 11.4 Å². The van der Waals surface area contributed by atoms with Gasteiger partial charge in [-0.05, 0) is 42.5 Å². The fourth-order valence-corrected chi connectivity index (χ4v) is 2.72. The molecule has 0 aliphatic rings. The average molecular weight is 368 g/mol. The molecule has 0 saturated heterocycles. The summed E-state index contributed by atoms with van der Waals surface area (Å²) >= 11 is 5.98. The topological polar surface area (TPSA) is 118 Å². The summed E-state index contributed by atoms with van der Waals surface area (Å²) in [6.45, 7) is 0. The van der Waals surface area contributed by atoms with Gasteiger partial charge in [-0.25, -0.2) is 8.42 Å². The molecule has 0 atom stereocenters. The van der Waals surface area contributed by atoms with E-state index in [-0.39, 0.29) is 16.3 Å². The molecule has 2 rings (SSSR count). The van der Waals surface area contributed by atoms with E-state index in [1.54, 1.807) is 12.1 Å². The fourth-order valence-electron chi connectivity index (χ4n) is 1.86. The number of nitrogens with two attached hydrogens (primary N) is 1. The van der Waals surface area contributed by atoms with E-state index < -0.39 is 21.8 Å². The van der Waals surface area contributed by atoms with Crippen molar-refractivity contribution in [3.05, 3.63) is 58.6 Å². The second kappa shape index (κ2) is 6.90. The smallest absolute Gasteiger partial charge is 0.255 e.